The van der Waals surface area contributed by atoms with Gasteiger partial charge in [0.05, 0.1) is 17.0 Å². The number of benzene rings is 2. The number of carbonyl (C=O) groups is 1. The van der Waals surface area contributed by atoms with Crippen LogP contribution in [0, 0.1) is 5.82 Å². The van der Waals surface area contributed by atoms with E-state index in [1.807, 2.05) is 12.1 Å². The van der Waals surface area contributed by atoms with Crippen molar-refractivity contribution in [1.82, 2.24) is 9.99 Å². The van der Waals surface area contributed by atoms with Crippen molar-refractivity contribution in [2.45, 2.75) is 5.37 Å². The van der Waals surface area contributed by atoms with Crippen molar-refractivity contribution in [2.24, 2.45) is 0 Å². The quantitative estimate of drug-likeness (QED) is 0.727. The first kappa shape index (κ1) is 16.2. The first-order chi connectivity index (χ1) is 12.1. The van der Waals surface area contributed by atoms with Crippen LogP contribution in [0.2, 0.25) is 5.02 Å². The fraction of sp³-hybridized carbons (Fsp3) is 0.111. The molecule has 1 atom stereocenters. The molecule has 1 saturated heterocycles. The molecule has 1 amide bonds. The van der Waals surface area contributed by atoms with E-state index in [4.69, 9.17) is 11.6 Å². The summed E-state index contributed by atoms with van der Waals surface area (Å²) >= 11 is 7.52. The number of rotatable bonds is 3. The van der Waals surface area contributed by atoms with Crippen LogP contribution in [0.25, 0.3) is 10.9 Å². The van der Waals surface area contributed by atoms with Crippen molar-refractivity contribution in [1.29, 1.82) is 0 Å². The number of hydrazine groups is 1. The summed E-state index contributed by atoms with van der Waals surface area (Å²) in [6, 6.07) is 13.5. The molecular weight excluding hydrogens is 361 g/mol. The summed E-state index contributed by atoms with van der Waals surface area (Å²) in [6.45, 7) is 0. The molecule has 0 aliphatic carbocycles. The molecule has 3 aromatic rings. The number of nitrogens with zero attached hydrogens (tertiary/aromatic N) is 2. The summed E-state index contributed by atoms with van der Waals surface area (Å²) in [5, 5.41) is 2.84. The third-order valence-corrected chi connectivity index (χ3v) is 5.42. The fourth-order valence-electron chi connectivity index (χ4n) is 2.77. The van der Waals surface area contributed by atoms with Crippen LogP contribution in [0.5, 0.6) is 0 Å². The van der Waals surface area contributed by atoms with Crippen LogP contribution >= 0.6 is 23.4 Å². The van der Waals surface area contributed by atoms with Gasteiger partial charge in [-0.1, -0.05) is 23.7 Å². The van der Waals surface area contributed by atoms with E-state index in [1.165, 1.54) is 23.9 Å². The molecule has 1 N–H and O–H groups in total. The average Bonchev–Trinajstić information content (AvgIpc) is 2.96. The molecule has 1 aliphatic rings. The summed E-state index contributed by atoms with van der Waals surface area (Å²) < 4.78 is 13.2. The Morgan fingerprint density at radius 2 is 2.00 bits per heavy atom. The number of hydrogen-bond donors (Lipinski definition) is 1. The SMILES string of the molecule is O=C1CSC(c2ccc(F)cc2)N1Nc1ccnc2cc(Cl)ccc12. The van der Waals surface area contributed by atoms with Crippen molar-refractivity contribution in [3.8, 4) is 0 Å². The molecule has 0 spiro atoms. The van der Waals surface area contributed by atoms with Crippen molar-refractivity contribution in [2.75, 3.05) is 11.2 Å². The molecule has 25 heavy (non-hydrogen) atoms. The van der Waals surface area contributed by atoms with Crippen molar-refractivity contribution in [3.05, 3.63) is 71.1 Å². The zero-order valence-corrected chi connectivity index (χ0v) is 14.5. The summed E-state index contributed by atoms with van der Waals surface area (Å²) in [6.07, 6.45) is 1.67. The van der Waals surface area contributed by atoms with Gasteiger partial charge in [0.25, 0.3) is 5.91 Å². The second-order valence-electron chi connectivity index (χ2n) is 5.61. The van der Waals surface area contributed by atoms with Crippen LogP contribution in [0.4, 0.5) is 10.1 Å². The number of aromatic nitrogens is 1. The maximum absolute atomic E-state index is 13.2. The van der Waals surface area contributed by atoms with Crippen LogP contribution in [0.15, 0.2) is 54.7 Å². The fourth-order valence-corrected chi connectivity index (χ4v) is 4.04. The van der Waals surface area contributed by atoms with Crippen LogP contribution < -0.4 is 5.43 Å². The summed E-state index contributed by atoms with van der Waals surface area (Å²) in [5.41, 5.74) is 5.58. The Kier molecular flexibility index (Phi) is 4.23. The molecule has 2 heterocycles. The first-order valence-corrected chi connectivity index (χ1v) is 9.04. The summed E-state index contributed by atoms with van der Waals surface area (Å²) in [4.78, 5) is 16.7. The number of pyridine rings is 1. The molecule has 4 rings (SSSR count). The van der Waals surface area contributed by atoms with Gasteiger partial charge in [-0.2, -0.15) is 0 Å². The molecule has 4 nitrogen and oxygen atoms in total. The number of amides is 1. The Hall–Kier alpha value is -2.31. The third kappa shape index (κ3) is 3.15. The molecule has 2 aromatic carbocycles. The molecule has 1 unspecified atom stereocenters. The van der Waals surface area contributed by atoms with E-state index in [9.17, 15) is 9.18 Å². The Balaban J connectivity index is 1.68. The van der Waals surface area contributed by atoms with Gasteiger partial charge in [-0.3, -0.25) is 15.2 Å². The monoisotopic (exact) mass is 373 g/mol. The predicted octanol–water partition coefficient (Wildman–Crippen LogP) is 4.63. The molecule has 126 valence electrons. The standard InChI is InChI=1S/C18H13ClFN3OS/c19-12-3-6-14-15(7-8-21-16(14)9-12)22-23-17(24)10-25-18(23)11-1-4-13(20)5-2-11/h1-9,18H,10H2,(H,21,22). The molecule has 0 saturated carbocycles. The van der Waals surface area contributed by atoms with Gasteiger partial charge in [0.1, 0.15) is 11.2 Å². The van der Waals surface area contributed by atoms with Gasteiger partial charge in [0.15, 0.2) is 0 Å². The summed E-state index contributed by atoms with van der Waals surface area (Å²) in [7, 11) is 0. The number of thioether (sulfide) groups is 1. The molecule has 0 radical (unpaired) electrons. The predicted molar refractivity (Wildman–Crippen MR) is 98.8 cm³/mol. The number of nitrogens with one attached hydrogen (secondary N) is 1. The summed E-state index contributed by atoms with van der Waals surface area (Å²) in [5.74, 6) is 0.0389. The lowest BCUT2D eigenvalue weighted by atomic mass is 10.2. The Morgan fingerprint density at radius 1 is 1.20 bits per heavy atom. The van der Waals surface area contributed by atoms with E-state index in [1.54, 1.807) is 35.5 Å². The van der Waals surface area contributed by atoms with Gasteiger partial charge < -0.3 is 0 Å². The zero-order chi connectivity index (χ0) is 17.4. The minimum atomic E-state index is -0.297. The van der Waals surface area contributed by atoms with Crippen molar-refractivity contribution < 1.29 is 9.18 Å². The molecule has 0 bridgehead atoms. The Bertz CT molecular complexity index is 951. The number of anilines is 1. The lowest BCUT2D eigenvalue weighted by Gasteiger charge is -2.26. The van der Waals surface area contributed by atoms with Crippen LogP contribution in [-0.4, -0.2) is 21.7 Å². The maximum atomic E-state index is 13.2. The Morgan fingerprint density at radius 3 is 2.80 bits per heavy atom. The second kappa shape index (κ2) is 6.54. The van der Waals surface area contributed by atoms with E-state index in [0.717, 1.165) is 22.2 Å². The second-order valence-corrected chi connectivity index (χ2v) is 7.12. The molecular formula is C18H13ClFN3OS. The number of hydrogen-bond acceptors (Lipinski definition) is 4. The third-order valence-electron chi connectivity index (χ3n) is 3.97. The van der Waals surface area contributed by atoms with E-state index in [-0.39, 0.29) is 17.1 Å². The van der Waals surface area contributed by atoms with E-state index in [0.29, 0.717) is 10.8 Å². The molecule has 7 heteroatoms. The van der Waals surface area contributed by atoms with Crippen LogP contribution in [0.1, 0.15) is 10.9 Å². The van der Waals surface area contributed by atoms with Gasteiger partial charge >= 0.3 is 0 Å². The van der Waals surface area contributed by atoms with Gasteiger partial charge in [-0.05, 0) is 42.0 Å². The van der Waals surface area contributed by atoms with Gasteiger partial charge in [-0.15, -0.1) is 11.8 Å². The van der Waals surface area contributed by atoms with Gasteiger partial charge in [-0.25, -0.2) is 9.40 Å². The van der Waals surface area contributed by atoms with E-state index < -0.39 is 0 Å². The highest BCUT2D eigenvalue weighted by atomic mass is 35.5. The first-order valence-electron chi connectivity index (χ1n) is 7.62. The molecule has 1 aromatic heterocycles. The molecule has 1 aliphatic heterocycles. The highest BCUT2D eigenvalue weighted by molar-refractivity contribution is 8.00. The lowest BCUT2D eigenvalue weighted by Crippen LogP contribution is -2.33. The van der Waals surface area contributed by atoms with E-state index >= 15 is 0 Å². The topological polar surface area (TPSA) is 45.2 Å². The van der Waals surface area contributed by atoms with Crippen LogP contribution in [-0.2, 0) is 4.79 Å². The van der Waals surface area contributed by atoms with E-state index in [2.05, 4.69) is 10.4 Å². The number of halogens is 2. The lowest BCUT2D eigenvalue weighted by molar-refractivity contribution is -0.126. The largest absolute Gasteiger partial charge is 0.294 e. The minimum Gasteiger partial charge on any atom is -0.294 e. The minimum absolute atomic E-state index is 0.0294. The number of carbonyl (C=O) groups excluding carboxylic acids is 1. The normalized spacial score (nSPS) is 17.3. The van der Waals surface area contributed by atoms with Crippen molar-refractivity contribution >= 4 is 45.9 Å². The van der Waals surface area contributed by atoms with Crippen LogP contribution in [0.3, 0.4) is 0 Å². The van der Waals surface area contributed by atoms with Gasteiger partial charge in [0, 0.05) is 16.6 Å². The highest BCUT2D eigenvalue weighted by Gasteiger charge is 2.33. The number of fused-ring (bicyclic) bond motifs is 1. The Labute approximate surface area is 153 Å². The molecule has 1 fully saturated rings. The average molecular weight is 374 g/mol. The highest BCUT2D eigenvalue weighted by Crippen LogP contribution is 2.39. The maximum Gasteiger partial charge on any atom is 0.252 e. The smallest absolute Gasteiger partial charge is 0.252 e. The van der Waals surface area contributed by atoms with Crippen molar-refractivity contribution in [3.63, 3.8) is 0 Å². The zero-order valence-electron chi connectivity index (χ0n) is 12.9. The van der Waals surface area contributed by atoms with Gasteiger partial charge in [0.2, 0.25) is 0 Å².